The van der Waals surface area contributed by atoms with Crippen molar-refractivity contribution in [3.05, 3.63) is 70.4 Å². The maximum absolute atomic E-state index is 13.8. The molecule has 0 spiro atoms. The number of alkyl halides is 3. The van der Waals surface area contributed by atoms with Gasteiger partial charge in [0.2, 0.25) is 6.79 Å². The topological polar surface area (TPSA) is 144 Å². The Bertz CT molecular complexity index is 1890. The van der Waals surface area contributed by atoms with E-state index in [1.165, 1.54) is 12.1 Å². The van der Waals surface area contributed by atoms with Crippen molar-refractivity contribution in [1.29, 1.82) is 0 Å². The number of halogens is 3. The van der Waals surface area contributed by atoms with Gasteiger partial charge in [-0.3, -0.25) is 14.3 Å². The van der Waals surface area contributed by atoms with Gasteiger partial charge in [-0.05, 0) is 49.7 Å². The third kappa shape index (κ3) is 5.34. The number of carbonyl (C=O) groups is 2. The number of anilines is 1. The highest BCUT2D eigenvalue weighted by atomic mass is 32.1. The van der Waals surface area contributed by atoms with Gasteiger partial charge in [0.15, 0.2) is 17.3 Å². The van der Waals surface area contributed by atoms with Gasteiger partial charge in [-0.1, -0.05) is 0 Å². The predicted octanol–water partition coefficient (Wildman–Crippen LogP) is 5.76. The fourth-order valence-corrected chi connectivity index (χ4v) is 5.57. The number of hydrogen-bond acceptors (Lipinski definition) is 9. The zero-order valence-electron chi connectivity index (χ0n) is 22.6. The van der Waals surface area contributed by atoms with Gasteiger partial charge in [0.05, 0.1) is 11.4 Å². The van der Waals surface area contributed by atoms with Crippen LogP contribution in [0.15, 0.2) is 47.0 Å². The van der Waals surface area contributed by atoms with Crippen LogP contribution in [0.5, 0.6) is 17.2 Å². The number of aromatic nitrogens is 3. The largest absolute Gasteiger partial charge is 0.486 e. The molecule has 6 rings (SSSR count). The van der Waals surface area contributed by atoms with Crippen LogP contribution >= 0.6 is 11.3 Å². The molecule has 0 bridgehead atoms. The number of furan rings is 1. The maximum Gasteiger partial charge on any atom is 0.433 e. The maximum atomic E-state index is 13.8. The normalized spacial score (nSPS) is 12.6. The number of benzene rings is 1. The fraction of sp³-hybridized carbons (Fsp3) is 0.214. The average molecular weight is 614 g/mol. The van der Waals surface area contributed by atoms with E-state index in [9.17, 15) is 22.8 Å². The monoisotopic (exact) mass is 613 g/mol. The molecule has 5 heterocycles. The Balaban J connectivity index is 1.34. The van der Waals surface area contributed by atoms with Crippen molar-refractivity contribution < 1.29 is 41.4 Å². The molecule has 1 aliphatic heterocycles. The summed E-state index contributed by atoms with van der Waals surface area (Å²) >= 11 is 0.649. The molecule has 43 heavy (non-hydrogen) atoms. The van der Waals surface area contributed by atoms with Gasteiger partial charge in [0.1, 0.15) is 33.5 Å². The molecule has 222 valence electrons. The lowest BCUT2D eigenvalue weighted by atomic mass is 10.0. The minimum atomic E-state index is -4.77. The second-order valence-electron chi connectivity index (χ2n) is 9.41. The lowest BCUT2D eigenvalue weighted by molar-refractivity contribution is -0.140. The van der Waals surface area contributed by atoms with E-state index in [-0.39, 0.29) is 45.5 Å². The molecule has 11 nitrogen and oxygen atoms in total. The van der Waals surface area contributed by atoms with Crippen LogP contribution in [0.25, 0.3) is 21.3 Å². The Kier molecular flexibility index (Phi) is 6.96. The number of pyridine rings is 1. The lowest BCUT2D eigenvalue weighted by Gasteiger charge is -2.11. The summed E-state index contributed by atoms with van der Waals surface area (Å²) in [6.07, 6.45) is -3.18. The van der Waals surface area contributed by atoms with Crippen LogP contribution in [0.3, 0.4) is 0 Å². The van der Waals surface area contributed by atoms with Crippen molar-refractivity contribution in [3.8, 4) is 28.4 Å². The van der Waals surface area contributed by atoms with Gasteiger partial charge in [-0.25, -0.2) is 4.98 Å². The van der Waals surface area contributed by atoms with E-state index >= 15 is 0 Å². The number of nitrogens with one attached hydrogen (secondary N) is 1. The van der Waals surface area contributed by atoms with E-state index in [4.69, 9.17) is 24.4 Å². The number of ether oxygens (including phenoxy) is 3. The quantitative estimate of drug-likeness (QED) is 0.225. The predicted molar refractivity (Wildman–Crippen MR) is 148 cm³/mol. The Hall–Kier alpha value is -5.05. The van der Waals surface area contributed by atoms with E-state index in [1.807, 2.05) is 6.92 Å². The van der Waals surface area contributed by atoms with Crippen molar-refractivity contribution in [1.82, 2.24) is 14.8 Å². The van der Waals surface area contributed by atoms with Gasteiger partial charge in [-0.2, -0.15) is 18.3 Å². The number of amides is 2. The van der Waals surface area contributed by atoms with Crippen molar-refractivity contribution in [2.45, 2.75) is 33.2 Å². The van der Waals surface area contributed by atoms with Crippen LogP contribution in [-0.2, 0) is 19.3 Å². The second kappa shape index (κ2) is 10.7. The van der Waals surface area contributed by atoms with E-state index in [1.54, 1.807) is 36.0 Å². The molecule has 2 amide bonds. The van der Waals surface area contributed by atoms with Gasteiger partial charge >= 0.3 is 6.18 Å². The minimum Gasteiger partial charge on any atom is -0.486 e. The molecule has 0 saturated carbocycles. The zero-order valence-corrected chi connectivity index (χ0v) is 23.4. The third-order valence-electron chi connectivity index (χ3n) is 6.59. The third-order valence-corrected chi connectivity index (χ3v) is 7.68. The standard InChI is InChI=1S/C28H22F3N5O6S/c1-3-36-10-17(13(2)35-36)16-9-21(28(29,30)31)33-27-22(16)23(24(43-27)25(32)37)34-26(38)19-7-5-15(42-19)11-39-14-4-6-18-20(8-14)41-12-40-18/h4-10H,3,11-12H2,1-2H3,(H2,32,37)(H,34,38). The summed E-state index contributed by atoms with van der Waals surface area (Å²) in [6, 6.07) is 8.87. The van der Waals surface area contributed by atoms with Crippen LogP contribution in [0.1, 0.15) is 44.3 Å². The summed E-state index contributed by atoms with van der Waals surface area (Å²) < 4.78 is 65.1. The van der Waals surface area contributed by atoms with Gasteiger partial charge in [0.25, 0.3) is 11.8 Å². The lowest BCUT2D eigenvalue weighted by Crippen LogP contribution is -2.16. The number of thiophene rings is 1. The van der Waals surface area contributed by atoms with Crippen molar-refractivity contribution in [2.75, 3.05) is 12.1 Å². The van der Waals surface area contributed by atoms with Gasteiger partial charge < -0.3 is 29.7 Å². The van der Waals surface area contributed by atoms with E-state index in [0.717, 1.165) is 6.07 Å². The molecule has 0 saturated heterocycles. The molecule has 0 atom stereocenters. The number of carbonyl (C=O) groups excluding carboxylic acids is 2. The summed E-state index contributed by atoms with van der Waals surface area (Å²) in [5.74, 6) is 0.104. The molecule has 0 aliphatic carbocycles. The number of fused-ring (bicyclic) bond motifs is 2. The van der Waals surface area contributed by atoms with E-state index in [0.29, 0.717) is 52.1 Å². The molecule has 3 N–H and O–H groups in total. The Morgan fingerprint density at radius 3 is 2.65 bits per heavy atom. The minimum absolute atomic E-state index is 0.0180. The first kappa shape index (κ1) is 28.1. The molecule has 4 aromatic heterocycles. The highest BCUT2D eigenvalue weighted by Crippen LogP contribution is 2.44. The van der Waals surface area contributed by atoms with Crippen LogP contribution in [0, 0.1) is 6.92 Å². The number of aryl methyl sites for hydroxylation is 2. The van der Waals surface area contributed by atoms with E-state index in [2.05, 4.69) is 15.4 Å². The molecule has 1 aliphatic rings. The summed E-state index contributed by atoms with van der Waals surface area (Å²) in [4.78, 5) is 29.2. The molecule has 15 heteroatoms. The Labute approximate surface area is 245 Å². The van der Waals surface area contributed by atoms with E-state index < -0.39 is 23.7 Å². The summed E-state index contributed by atoms with van der Waals surface area (Å²) in [5, 5.41) is 7.08. The van der Waals surface area contributed by atoms with Gasteiger partial charge in [-0.15, -0.1) is 11.3 Å². The number of nitrogens with zero attached hydrogens (tertiary/aromatic N) is 3. The first-order valence-electron chi connectivity index (χ1n) is 12.8. The Morgan fingerprint density at radius 2 is 1.93 bits per heavy atom. The molecular formula is C28H22F3N5O6S. The molecule has 0 radical (unpaired) electrons. The Morgan fingerprint density at radius 1 is 1.14 bits per heavy atom. The SMILES string of the molecule is CCn1cc(-c2cc(C(F)(F)F)nc3sc(C(N)=O)c(NC(=O)c4ccc(COc5ccc6c(c5)OCO6)o4)c23)c(C)n1. The summed E-state index contributed by atoms with van der Waals surface area (Å²) in [5.41, 5.74) is 5.27. The molecule has 1 aromatic carbocycles. The smallest absolute Gasteiger partial charge is 0.433 e. The van der Waals surface area contributed by atoms with Crippen molar-refractivity contribution >= 4 is 39.1 Å². The van der Waals surface area contributed by atoms with Crippen LogP contribution in [0.2, 0.25) is 0 Å². The first-order valence-corrected chi connectivity index (χ1v) is 13.6. The summed E-state index contributed by atoms with van der Waals surface area (Å²) in [7, 11) is 0. The summed E-state index contributed by atoms with van der Waals surface area (Å²) in [6.45, 7) is 4.06. The number of hydrogen-bond donors (Lipinski definition) is 2. The average Bonchev–Trinajstić information content (AvgIpc) is 3.76. The second-order valence-corrected chi connectivity index (χ2v) is 10.4. The number of nitrogens with two attached hydrogens (primary N) is 1. The highest BCUT2D eigenvalue weighted by molar-refractivity contribution is 7.21. The molecule has 0 fully saturated rings. The molecular weight excluding hydrogens is 591 g/mol. The van der Waals surface area contributed by atoms with Crippen LogP contribution < -0.4 is 25.3 Å². The van der Waals surface area contributed by atoms with Gasteiger partial charge in [0, 0.05) is 29.8 Å². The van der Waals surface area contributed by atoms with Crippen molar-refractivity contribution in [2.24, 2.45) is 5.73 Å². The number of rotatable bonds is 8. The number of primary amides is 1. The zero-order chi connectivity index (χ0) is 30.5. The first-order chi connectivity index (χ1) is 20.5. The highest BCUT2D eigenvalue weighted by Gasteiger charge is 2.35. The molecule has 5 aromatic rings. The van der Waals surface area contributed by atoms with Crippen LogP contribution in [-0.4, -0.2) is 33.4 Å². The van der Waals surface area contributed by atoms with Crippen LogP contribution in [0.4, 0.5) is 18.9 Å². The van der Waals surface area contributed by atoms with Crippen molar-refractivity contribution in [3.63, 3.8) is 0 Å². The fourth-order valence-electron chi connectivity index (χ4n) is 4.57. The molecule has 0 unspecified atom stereocenters.